The Morgan fingerprint density at radius 2 is 2.07 bits per heavy atom. The molecular formula is C12H18BrNO. The predicted molar refractivity (Wildman–Crippen MR) is 67.5 cm³/mol. The lowest BCUT2D eigenvalue weighted by Crippen LogP contribution is -2.38. The van der Waals surface area contributed by atoms with E-state index in [1.165, 1.54) is 5.56 Å². The van der Waals surface area contributed by atoms with E-state index in [0.29, 0.717) is 0 Å². The van der Waals surface area contributed by atoms with Gasteiger partial charge in [-0.15, -0.1) is 0 Å². The number of rotatable bonds is 4. The van der Waals surface area contributed by atoms with Gasteiger partial charge in [-0.1, -0.05) is 22.0 Å². The molecule has 0 saturated carbocycles. The summed E-state index contributed by atoms with van der Waals surface area (Å²) in [6.45, 7) is 4.34. The number of hydrogen-bond donors (Lipinski definition) is 1. The van der Waals surface area contributed by atoms with E-state index in [0.717, 1.165) is 16.6 Å². The van der Waals surface area contributed by atoms with E-state index in [-0.39, 0.29) is 5.54 Å². The molecule has 1 aromatic rings. The minimum Gasteiger partial charge on any atom is -0.496 e. The van der Waals surface area contributed by atoms with Crippen LogP contribution in [0.15, 0.2) is 22.7 Å². The molecule has 0 radical (unpaired) electrons. The van der Waals surface area contributed by atoms with Crippen LogP contribution >= 0.6 is 15.9 Å². The highest BCUT2D eigenvalue weighted by Crippen LogP contribution is 2.29. The van der Waals surface area contributed by atoms with Crippen molar-refractivity contribution in [3.63, 3.8) is 0 Å². The Morgan fingerprint density at radius 3 is 2.60 bits per heavy atom. The normalized spacial score (nSPS) is 11.5. The van der Waals surface area contributed by atoms with Gasteiger partial charge in [0.15, 0.2) is 0 Å². The van der Waals surface area contributed by atoms with Crippen molar-refractivity contribution in [2.75, 3.05) is 14.2 Å². The molecule has 0 aromatic heterocycles. The van der Waals surface area contributed by atoms with Crippen LogP contribution in [0.5, 0.6) is 5.75 Å². The van der Waals surface area contributed by atoms with Gasteiger partial charge >= 0.3 is 0 Å². The zero-order valence-corrected chi connectivity index (χ0v) is 11.3. The van der Waals surface area contributed by atoms with Gasteiger partial charge in [0.25, 0.3) is 0 Å². The first-order valence-corrected chi connectivity index (χ1v) is 5.80. The van der Waals surface area contributed by atoms with Crippen LogP contribution in [0.1, 0.15) is 19.4 Å². The molecule has 3 heteroatoms. The molecular weight excluding hydrogens is 254 g/mol. The van der Waals surface area contributed by atoms with Crippen molar-refractivity contribution >= 4 is 15.9 Å². The van der Waals surface area contributed by atoms with Gasteiger partial charge in [-0.2, -0.15) is 0 Å². The number of hydrogen-bond acceptors (Lipinski definition) is 2. The fraction of sp³-hybridized carbons (Fsp3) is 0.500. The molecule has 0 unspecified atom stereocenters. The molecule has 0 spiro atoms. The third kappa shape index (κ3) is 3.21. The van der Waals surface area contributed by atoms with E-state index in [1.807, 2.05) is 25.2 Å². The van der Waals surface area contributed by atoms with Crippen LogP contribution in [0.2, 0.25) is 0 Å². The first-order valence-electron chi connectivity index (χ1n) is 5.00. The summed E-state index contributed by atoms with van der Waals surface area (Å²) < 4.78 is 6.46. The summed E-state index contributed by atoms with van der Waals surface area (Å²) in [5.41, 5.74) is 1.27. The molecule has 0 heterocycles. The Morgan fingerprint density at radius 1 is 1.40 bits per heavy atom. The van der Waals surface area contributed by atoms with Gasteiger partial charge in [0.2, 0.25) is 0 Å². The maximum Gasteiger partial charge on any atom is 0.123 e. The fourth-order valence-electron chi connectivity index (χ4n) is 1.43. The first kappa shape index (κ1) is 12.5. The smallest absolute Gasteiger partial charge is 0.123 e. The average molecular weight is 272 g/mol. The second-order valence-corrected chi connectivity index (χ2v) is 5.09. The van der Waals surface area contributed by atoms with Crippen LogP contribution in [0.25, 0.3) is 0 Å². The van der Waals surface area contributed by atoms with Crippen LogP contribution in [-0.2, 0) is 6.42 Å². The van der Waals surface area contributed by atoms with Gasteiger partial charge in [0.05, 0.1) is 7.11 Å². The van der Waals surface area contributed by atoms with Crippen LogP contribution < -0.4 is 10.1 Å². The monoisotopic (exact) mass is 271 g/mol. The van der Waals surface area contributed by atoms with Gasteiger partial charge in [0.1, 0.15) is 5.75 Å². The molecule has 0 aliphatic heterocycles. The number of nitrogens with one attached hydrogen (secondary N) is 1. The number of ether oxygens (including phenoxy) is 1. The van der Waals surface area contributed by atoms with Crippen molar-refractivity contribution in [2.24, 2.45) is 0 Å². The van der Waals surface area contributed by atoms with E-state index >= 15 is 0 Å². The van der Waals surface area contributed by atoms with Crippen LogP contribution in [0.4, 0.5) is 0 Å². The Labute approximate surface area is 100 Å². The fourth-order valence-corrected chi connectivity index (χ4v) is 1.92. The number of halogens is 1. The molecule has 84 valence electrons. The minimum atomic E-state index is 0.0666. The van der Waals surface area contributed by atoms with Crippen molar-refractivity contribution in [1.82, 2.24) is 5.32 Å². The molecule has 1 rings (SSSR count). The lowest BCUT2D eigenvalue weighted by Gasteiger charge is -2.25. The molecule has 1 aromatic carbocycles. The van der Waals surface area contributed by atoms with Gasteiger partial charge in [-0.25, -0.2) is 0 Å². The summed E-state index contributed by atoms with van der Waals surface area (Å²) in [5.74, 6) is 0.938. The summed E-state index contributed by atoms with van der Waals surface area (Å²) in [6.07, 6.45) is 0.925. The summed E-state index contributed by atoms with van der Waals surface area (Å²) in [7, 11) is 3.68. The molecule has 1 N–H and O–H groups in total. The molecule has 2 nitrogen and oxygen atoms in total. The highest BCUT2D eigenvalue weighted by molar-refractivity contribution is 9.10. The molecule has 0 atom stereocenters. The van der Waals surface area contributed by atoms with E-state index in [1.54, 1.807) is 7.11 Å². The van der Waals surface area contributed by atoms with E-state index in [4.69, 9.17) is 4.74 Å². The zero-order chi connectivity index (χ0) is 11.5. The maximum absolute atomic E-state index is 5.36. The SMILES string of the molecule is CNC(C)(C)Cc1c(Br)cccc1OC. The molecule has 0 saturated heterocycles. The zero-order valence-electron chi connectivity index (χ0n) is 9.73. The lowest BCUT2D eigenvalue weighted by atomic mass is 9.94. The number of likely N-dealkylation sites (N-methyl/N-ethyl adjacent to an activating group) is 1. The van der Waals surface area contributed by atoms with Gasteiger partial charge in [-0.3, -0.25) is 0 Å². The first-order chi connectivity index (χ1) is 7.00. The van der Waals surface area contributed by atoms with E-state index in [2.05, 4.69) is 35.1 Å². The van der Waals surface area contributed by atoms with Crippen molar-refractivity contribution in [1.29, 1.82) is 0 Å². The van der Waals surface area contributed by atoms with Gasteiger partial charge in [-0.05, 0) is 39.4 Å². The number of methoxy groups -OCH3 is 1. The topological polar surface area (TPSA) is 21.3 Å². The third-order valence-electron chi connectivity index (χ3n) is 2.59. The van der Waals surface area contributed by atoms with Crippen LogP contribution in [0, 0.1) is 0 Å². The van der Waals surface area contributed by atoms with Crippen molar-refractivity contribution in [3.8, 4) is 5.75 Å². The third-order valence-corrected chi connectivity index (χ3v) is 3.33. The summed E-state index contributed by atoms with van der Waals surface area (Å²) in [6, 6.07) is 6.02. The standard InChI is InChI=1S/C12H18BrNO/c1-12(2,14-3)8-9-10(13)6-5-7-11(9)15-4/h5-7,14H,8H2,1-4H3. The van der Waals surface area contributed by atoms with Crippen molar-refractivity contribution in [2.45, 2.75) is 25.8 Å². The molecule has 0 aliphatic carbocycles. The molecule has 15 heavy (non-hydrogen) atoms. The highest BCUT2D eigenvalue weighted by Gasteiger charge is 2.19. The second-order valence-electron chi connectivity index (χ2n) is 4.23. The quantitative estimate of drug-likeness (QED) is 0.909. The Bertz CT molecular complexity index is 336. The molecule has 0 fully saturated rings. The minimum absolute atomic E-state index is 0.0666. The molecule has 0 amide bonds. The van der Waals surface area contributed by atoms with Crippen LogP contribution in [0.3, 0.4) is 0 Å². The summed E-state index contributed by atoms with van der Waals surface area (Å²) in [5, 5.41) is 3.29. The summed E-state index contributed by atoms with van der Waals surface area (Å²) >= 11 is 3.56. The molecule has 0 bridgehead atoms. The van der Waals surface area contributed by atoms with Crippen molar-refractivity contribution < 1.29 is 4.74 Å². The van der Waals surface area contributed by atoms with E-state index in [9.17, 15) is 0 Å². The second kappa shape index (κ2) is 4.99. The number of benzene rings is 1. The molecule has 0 aliphatic rings. The van der Waals surface area contributed by atoms with Crippen LogP contribution in [-0.4, -0.2) is 19.7 Å². The Balaban J connectivity index is 3.02. The lowest BCUT2D eigenvalue weighted by molar-refractivity contribution is 0.385. The largest absolute Gasteiger partial charge is 0.496 e. The van der Waals surface area contributed by atoms with Gasteiger partial charge in [0, 0.05) is 15.6 Å². The van der Waals surface area contributed by atoms with Gasteiger partial charge < -0.3 is 10.1 Å². The maximum atomic E-state index is 5.36. The predicted octanol–water partition coefficient (Wildman–Crippen LogP) is 3.00. The van der Waals surface area contributed by atoms with Crippen molar-refractivity contribution in [3.05, 3.63) is 28.2 Å². The average Bonchev–Trinajstić information content (AvgIpc) is 2.21. The summed E-state index contributed by atoms with van der Waals surface area (Å²) in [4.78, 5) is 0. The Hall–Kier alpha value is -0.540. The highest BCUT2D eigenvalue weighted by atomic mass is 79.9. The Kier molecular flexibility index (Phi) is 4.17. The van der Waals surface area contributed by atoms with E-state index < -0.39 is 0 Å².